The molecular formula is C27H37N5O2. The minimum absolute atomic E-state index is 0.0333. The van der Waals surface area contributed by atoms with E-state index >= 15 is 0 Å². The Morgan fingerprint density at radius 1 is 0.971 bits per heavy atom. The van der Waals surface area contributed by atoms with Crippen LogP contribution >= 0.6 is 0 Å². The summed E-state index contributed by atoms with van der Waals surface area (Å²) in [7, 11) is 4.28. The number of anilines is 2. The Morgan fingerprint density at radius 3 is 2.50 bits per heavy atom. The minimum Gasteiger partial charge on any atom is -0.374 e. The monoisotopic (exact) mass is 463 g/mol. The van der Waals surface area contributed by atoms with Crippen LogP contribution in [0.15, 0.2) is 42.5 Å². The molecule has 1 fully saturated rings. The van der Waals surface area contributed by atoms with Gasteiger partial charge >= 0.3 is 11.8 Å². The van der Waals surface area contributed by atoms with Crippen molar-refractivity contribution in [1.29, 1.82) is 0 Å². The number of carbonyl (C=O) groups excluding carboxylic acids is 2. The fourth-order valence-electron chi connectivity index (χ4n) is 5.00. The molecule has 0 saturated carbocycles. The van der Waals surface area contributed by atoms with Crippen molar-refractivity contribution in [3.05, 3.63) is 59.2 Å². The maximum Gasteiger partial charge on any atom is 0.313 e. The van der Waals surface area contributed by atoms with E-state index in [-0.39, 0.29) is 6.04 Å². The van der Waals surface area contributed by atoms with Crippen LogP contribution in [-0.4, -0.2) is 75.0 Å². The predicted octanol–water partition coefficient (Wildman–Crippen LogP) is 2.67. The van der Waals surface area contributed by atoms with E-state index in [2.05, 4.69) is 57.6 Å². The Kier molecular flexibility index (Phi) is 7.85. The summed E-state index contributed by atoms with van der Waals surface area (Å²) in [5.41, 5.74) is 5.57. The Hall–Kier alpha value is -2.90. The predicted molar refractivity (Wildman–Crippen MR) is 137 cm³/mol. The van der Waals surface area contributed by atoms with Gasteiger partial charge in [-0.25, -0.2) is 0 Å². The summed E-state index contributed by atoms with van der Waals surface area (Å²) < 4.78 is 0. The molecule has 2 aliphatic heterocycles. The summed E-state index contributed by atoms with van der Waals surface area (Å²) in [6.45, 7) is 7.37. The van der Waals surface area contributed by atoms with Crippen LogP contribution in [0.5, 0.6) is 0 Å². The fraction of sp³-hybridized carbons (Fsp3) is 0.481. The summed E-state index contributed by atoms with van der Waals surface area (Å²) in [5.74, 6) is -1.21. The van der Waals surface area contributed by atoms with Crippen molar-refractivity contribution in [2.24, 2.45) is 0 Å². The highest BCUT2D eigenvalue weighted by Crippen LogP contribution is 2.31. The number of carbonyl (C=O) groups is 2. The highest BCUT2D eigenvalue weighted by atomic mass is 16.2. The number of nitrogens with one attached hydrogen (secondary N) is 2. The Morgan fingerprint density at radius 2 is 1.74 bits per heavy atom. The second kappa shape index (κ2) is 11.0. The number of likely N-dealkylation sites (N-methyl/N-ethyl adjacent to an activating group) is 1. The largest absolute Gasteiger partial charge is 0.374 e. The van der Waals surface area contributed by atoms with Gasteiger partial charge in [0.1, 0.15) is 0 Å². The van der Waals surface area contributed by atoms with Crippen LogP contribution in [0, 0.1) is 0 Å². The van der Waals surface area contributed by atoms with Gasteiger partial charge in [-0.1, -0.05) is 37.3 Å². The van der Waals surface area contributed by atoms with Gasteiger partial charge in [0.05, 0.1) is 6.04 Å². The van der Waals surface area contributed by atoms with Crippen molar-refractivity contribution in [2.45, 2.75) is 32.2 Å². The Bertz CT molecular complexity index is 1020. The summed E-state index contributed by atoms with van der Waals surface area (Å²) in [5, 5.41) is 5.70. The summed E-state index contributed by atoms with van der Waals surface area (Å²) >= 11 is 0. The average molecular weight is 464 g/mol. The van der Waals surface area contributed by atoms with Crippen LogP contribution in [0.2, 0.25) is 0 Å². The van der Waals surface area contributed by atoms with Crippen LogP contribution in [0.1, 0.15) is 36.1 Å². The third-order valence-electron chi connectivity index (χ3n) is 7.13. The van der Waals surface area contributed by atoms with E-state index in [4.69, 9.17) is 0 Å². The Labute approximate surface area is 203 Å². The lowest BCUT2D eigenvalue weighted by Crippen LogP contribution is -2.49. The molecule has 7 heteroatoms. The molecule has 1 atom stereocenters. The molecule has 1 saturated heterocycles. The lowest BCUT2D eigenvalue weighted by molar-refractivity contribution is -0.136. The molecule has 7 nitrogen and oxygen atoms in total. The normalized spacial score (nSPS) is 17.7. The molecule has 34 heavy (non-hydrogen) atoms. The van der Waals surface area contributed by atoms with E-state index in [9.17, 15) is 9.59 Å². The summed E-state index contributed by atoms with van der Waals surface area (Å²) in [6, 6.07) is 14.3. The van der Waals surface area contributed by atoms with Gasteiger partial charge in [-0.05, 0) is 55.1 Å². The first-order chi connectivity index (χ1) is 16.5. The van der Waals surface area contributed by atoms with Crippen LogP contribution in [0.3, 0.4) is 0 Å². The molecule has 0 aliphatic carbocycles. The maximum atomic E-state index is 12.7. The zero-order valence-corrected chi connectivity index (χ0v) is 20.6. The van der Waals surface area contributed by atoms with Gasteiger partial charge in [0.15, 0.2) is 0 Å². The van der Waals surface area contributed by atoms with Crippen molar-refractivity contribution < 1.29 is 9.59 Å². The highest BCUT2D eigenvalue weighted by molar-refractivity contribution is 6.39. The lowest BCUT2D eigenvalue weighted by Gasteiger charge is -2.39. The molecule has 0 bridgehead atoms. The van der Waals surface area contributed by atoms with Crippen molar-refractivity contribution in [1.82, 2.24) is 15.1 Å². The summed E-state index contributed by atoms with van der Waals surface area (Å²) in [4.78, 5) is 32.4. The number of piperazine rings is 1. The van der Waals surface area contributed by atoms with Gasteiger partial charge in [0.2, 0.25) is 0 Å². The second-order valence-electron chi connectivity index (χ2n) is 9.44. The number of nitrogens with zero attached hydrogens (tertiary/aromatic N) is 3. The van der Waals surface area contributed by atoms with Crippen molar-refractivity contribution in [2.75, 3.05) is 63.6 Å². The fourth-order valence-corrected chi connectivity index (χ4v) is 5.00. The quantitative estimate of drug-likeness (QED) is 0.645. The molecule has 0 unspecified atom stereocenters. The first kappa shape index (κ1) is 24.2. The van der Waals surface area contributed by atoms with E-state index in [1.807, 2.05) is 31.2 Å². The smallest absolute Gasteiger partial charge is 0.313 e. The number of benzene rings is 2. The second-order valence-corrected chi connectivity index (χ2v) is 9.44. The Balaban J connectivity index is 1.47. The van der Waals surface area contributed by atoms with Gasteiger partial charge in [-0.15, -0.1) is 0 Å². The number of para-hydroxylation sites is 1. The van der Waals surface area contributed by atoms with E-state index in [1.54, 1.807) is 0 Å². The number of rotatable bonds is 6. The van der Waals surface area contributed by atoms with Gasteiger partial charge in [0, 0.05) is 57.7 Å². The first-order valence-corrected chi connectivity index (χ1v) is 12.4. The number of hydrogen-bond donors (Lipinski definition) is 2. The van der Waals surface area contributed by atoms with Crippen molar-refractivity contribution >= 4 is 23.2 Å². The third kappa shape index (κ3) is 5.59. The van der Waals surface area contributed by atoms with Gasteiger partial charge in [-0.2, -0.15) is 0 Å². The highest BCUT2D eigenvalue weighted by Gasteiger charge is 2.27. The van der Waals surface area contributed by atoms with Crippen LogP contribution in [0.4, 0.5) is 11.4 Å². The molecule has 0 aromatic heterocycles. The zero-order chi connectivity index (χ0) is 24.1. The molecule has 2 N–H and O–H groups in total. The van der Waals surface area contributed by atoms with Crippen molar-refractivity contribution in [3.8, 4) is 0 Å². The maximum absolute atomic E-state index is 12.7. The average Bonchev–Trinajstić information content (AvgIpc) is 2.85. The molecule has 2 aromatic rings. The van der Waals surface area contributed by atoms with E-state index in [0.717, 1.165) is 57.5 Å². The van der Waals surface area contributed by atoms with Gasteiger partial charge in [-0.3, -0.25) is 14.5 Å². The van der Waals surface area contributed by atoms with Gasteiger partial charge in [0.25, 0.3) is 0 Å². The van der Waals surface area contributed by atoms with E-state index < -0.39 is 11.8 Å². The molecule has 2 aromatic carbocycles. The standard InChI is InChI=1S/C27H37N5O2/c1-4-20-8-5-6-10-23(20)29-27(34)26(33)28-19-25(32-16-14-30(2)15-17-32)22-11-12-24-21(18-22)9-7-13-31(24)3/h5-6,8,10-12,18,25H,4,7,9,13-17,19H2,1-3H3,(H,28,33)(H,29,34)/t25-/m1/s1. The van der Waals surface area contributed by atoms with Crippen molar-refractivity contribution in [3.63, 3.8) is 0 Å². The van der Waals surface area contributed by atoms with E-state index in [1.165, 1.54) is 16.8 Å². The minimum atomic E-state index is -0.620. The number of hydrogen-bond acceptors (Lipinski definition) is 5. The molecule has 182 valence electrons. The molecule has 0 spiro atoms. The molecule has 2 heterocycles. The van der Waals surface area contributed by atoms with Crippen LogP contribution in [0.25, 0.3) is 0 Å². The molecule has 2 amide bonds. The van der Waals surface area contributed by atoms with Crippen LogP contribution in [-0.2, 0) is 22.4 Å². The molecule has 4 rings (SSSR count). The first-order valence-electron chi connectivity index (χ1n) is 12.4. The summed E-state index contributed by atoms with van der Waals surface area (Å²) in [6.07, 6.45) is 3.02. The number of fused-ring (bicyclic) bond motifs is 1. The van der Waals surface area contributed by atoms with Crippen LogP contribution < -0.4 is 15.5 Å². The zero-order valence-electron chi connectivity index (χ0n) is 20.6. The number of aryl methyl sites for hydroxylation is 2. The number of amides is 2. The topological polar surface area (TPSA) is 67.9 Å². The van der Waals surface area contributed by atoms with E-state index in [0.29, 0.717) is 12.2 Å². The molecule has 2 aliphatic rings. The molecule has 0 radical (unpaired) electrons. The molecular weight excluding hydrogens is 426 g/mol. The lowest BCUT2D eigenvalue weighted by atomic mass is 9.95. The van der Waals surface area contributed by atoms with Gasteiger partial charge < -0.3 is 20.4 Å². The SMILES string of the molecule is CCc1ccccc1NC(=O)C(=O)NC[C@H](c1ccc2c(c1)CCCN2C)N1CCN(C)CC1. The third-order valence-corrected chi connectivity index (χ3v) is 7.13.